The van der Waals surface area contributed by atoms with Crippen LogP contribution in [0, 0.1) is 11.8 Å². The Morgan fingerprint density at radius 3 is 2.67 bits per heavy atom. The number of hydrogen-bond donors (Lipinski definition) is 1. The SMILES string of the molecule is OCC1CN2CCC1C2. The number of nitrogens with zero attached hydrogens (tertiary/aromatic N) is 1. The summed E-state index contributed by atoms with van der Waals surface area (Å²) in [5.74, 6) is 1.44. The molecule has 0 radical (unpaired) electrons. The molecule has 3 atom stereocenters. The van der Waals surface area contributed by atoms with Crippen LogP contribution >= 0.6 is 0 Å². The predicted molar refractivity (Wildman–Crippen MR) is 35.1 cm³/mol. The minimum Gasteiger partial charge on any atom is -0.396 e. The molecular formula is C7H13NO. The smallest absolute Gasteiger partial charge is 0.0474 e. The van der Waals surface area contributed by atoms with E-state index >= 15 is 0 Å². The van der Waals surface area contributed by atoms with Gasteiger partial charge in [-0.3, -0.25) is 0 Å². The van der Waals surface area contributed by atoms with Gasteiger partial charge in [-0.1, -0.05) is 0 Å². The molecule has 2 rings (SSSR count). The highest BCUT2D eigenvalue weighted by Crippen LogP contribution is 2.31. The van der Waals surface area contributed by atoms with Gasteiger partial charge in [0, 0.05) is 19.7 Å². The van der Waals surface area contributed by atoms with Gasteiger partial charge in [0.2, 0.25) is 0 Å². The highest BCUT2D eigenvalue weighted by molar-refractivity contribution is 4.89. The number of fused-ring (bicyclic) bond motifs is 2. The van der Waals surface area contributed by atoms with Crippen LogP contribution in [0.15, 0.2) is 0 Å². The molecule has 2 heteroatoms. The van der Waals surface area contributed by atoms with Crippen molar-refractivity contribution in [1.29, 1.82) is 0 Å². The van der Waals surface area contributed by atoms with E-state index in [0.717, 1.165) is 12.5 Å². The van der Waals surface area contributed by atoms with Crippen LogP contribution in [-0.4, -0.2) is 36.2 Å². The zero-order chi connectivity index (χ0) is 6.27. The molecular weight excluding hydrogens is 114 g/mol. The van der Waals surface area contributed by atoms with E-state index < -0.39 is 0 Å². The third kappa shape index (κ3) is 0.775. The second kappa shape index (κ2) is 1.96. The lowest BCUT2D eigenvalue weighted by Gasteiger charge is -2.18. The highest BCUT2D eigenvalue weighted by atomic mass is 16.3. The van der Waals surface area contributed by atoms with Crippen molar-refractivity contribution >= 4 is 0 Å². The molecule has 0 aromatic rings. The zero-order valence-corrected chi connectivity index (χ0v) is 5.58. The largest absolute Gasteiger partial charge is 0.396 e. The van der Waals surface area contributed by atoms with Gasteiger partial charge in [0.1, 0.15) is 0 Å². The van der Waals surface area contributed by atoms with E-state index in [1.54, 1.807) is 0 Å². The third-order valence-electron chi connectivity index (χ3n) is 2.70. The highest BCUT2D eigenvalue weighted by Gasteiger charge is 2.36. The zero-order valence-electron chi connectivity index (χ0n) is 5.58. The lowest BCUT2D eigenvalue weighted by molar-refractivity contribution is 0.178. The lowest BCUT2D eigenvalue weighted by Crippen LogP contribution is -2.25. The lowest BCUT2D eigenvalue weighted by atomic mass is 9.94. The minimum absolute atomic E-state index is 0.404. The molecule has 0 saturated carbocycles. The Bertz CT molecular complexity index is 115. The molecule has 0 aromatic heterocycles. The van der Waals surface area contributed by atoms with Crippen LogP contribution in [0.3, 0.4) is 0 Å². The molecule has 0 aliphatic carbocycles. The van der Waals surface area contributed by atoms with E-state index in [2.05, 4.69) is 4.90 Å². The minimum atomic E-state index is 0.404. The molecule has 2 saturated heterocycles. The van der Waals surface area contributed by atoms with Crippen molar-refractivity contribution < 1.29 is 5.11 Å². The summed E-state index contributed by atoms with van der Waals surface area (Å²) >= 11 is 0. The van der Waals surface area contributed by atoms with E-state index in [1.165, 1.54) is 19.5 Å². The molecule has 0 amide bonds. The maximum absolute atomic E-state index is 8.86. The first-order valence-electron chi connectivity index (χ1n) is 3.73. The van der Waals surface area contributed by atoms with E-state index in [-0.39, 0.29) is 0 Å². The van der Waals surface area contributed by atoms with Crippen LogP contribution in [0.1, 0.15) is 6.42 Å². The monoisotopic (exact) mass is 127 g/mol. The average molecular weight is 127 g/mol. The van der Waals surface area contributed by atoms with Gasteiger partial charge in [0.15, 0.2) is 0 Å². The Labute approximate surface area is 55.5 Å². The molecule has 52 valence electrons. The molecule has 2 aliphatic heterocycles. The fourth-order valence-electron chi connectivity index (χ4n) is 2.10. The number of aliphatic hydroxyl groups excluding tert-OH is 1. The van der Waals surface area contributed by atoms with E-state index in [9.17, 15) is 0 Å². The van der Waals surface area contributed by atoms with Crippen molar-refractivity contribution in [3.05, 3.63) is 0 Å². The molecule has 2 heterocycles. The topological polar surface area (TPSA) is 23.5 Å². The summed E-state index contributed by atoms with van der Waals surface area (Å²) in [4.78, 5) is 2.45. The van der Waals surface area contributed by atoms with Crippen LogP contribution in [0.5, 0.6) is 0 Å². The van der Waals surface area contributed by atoms with Crippen molar-refractivity contribution in [2.24, 2.45) is 11.8 Å². The predicted octanol–water partition coefficient (Wildman–Crippen LogP) is -0.0696. The number of hydrogen-bond acceptors (Lipinski definition) is 2. The molecule has 9 heavy (non-hydrogen) atoms. The molecule has 2 aliphatic rings. The Kier molecular flexibility index (Phi) is 1.24. The van der Waals surface area contributed by atoms with Gasteiger partial charge < -0.3 is 10.0 Å². The normalized spacial score (nSPS) is 48.3. The van der Waals surface area contributed by atoms with Gasteiger partial charge in [0.05, 0.1) is 0 Å². The maximum atomic E-state index is 8.86. The second-order valence-corrected chi connectivity index (χ2v) is 3.25. The van der Waals surface area contributed by atoms with Gasteiger partial charge >= 0.3 is 0 Å². The van der Waals surface area contributed by atoms with Crippen molar-refractivity contribution in [2.75, 3.05) is 26.2 Å². The van der Waals surface area contributed by atoms with Crippen LogP contribution < -0.4 is 0 Å². The number of aliphatic hydroxyl groups is 1. The molecule has 2 fully saturated rings. The van der Waals surface area contributed by atoms with Crippen LogP contribution in [0.2, 0.25) is 0 Å². The van der Waals surface area contributed by atoms with Gasteiger partial charge in [-0.05, 0) is 24.8 Å². The summed E-state index contributed by atoms with van der Waals surface area (Å²) in [7, 11) is 0. The molecule has 1 N–H and O–H groups in total. The first-order valence-corrected chi connectivity index (χ1v) is 3.73. The molecule has 0 aromatic carbocycles. The second-order valence-electron chi connectivity index (χ2n) is 3.25. The van der Waals surface area contributed by atoms with Gasteiger partial charge in [0.25, 0.3) is 0 Å². The van der Waals surface area contributed by atoms with Crippen molar-refractivity contribution in [2.45, 2.75) is 6.42 Å². The van der Waals surface area contributed by atoms with E-state index in [1.807, 2.05) is 0 Å². The summed E-state index contributed by atoms with van der Waals surface area (Å²) in [5, 5.41) is 8.86. The number of rotatable bonds is 1. The molecule has 2 nitrogen and oxygen atoms in total. The van der Waals surface area contributed by atoms with Gasteiger partial charge in [-0.25, -0.2) is 0 Å². The summed E-state index contributed by atoms with van der Waals surface area (Å²) in [6.45, 7) is 4.09. The van der Waals surface area contributed by atoms with Gasteiger partial charge in [-0.15, -0.1) is 0 Å². The summed E-state index contributed by atoms with van der Waals surface area (Å²) < 4.78 is 0. The fourth-order valence-corrected chi connectivity index (χ4v) is 2.10. The Hall–Kier alpha value is -0.0800. The van der Waals surface area contributed by atoms with E-state index in [0.29, 0.717) is 12.5 Å². The first-order chi connectivity index (χ1) is 4.40. The summed E-state index contributed by atoms with van der Waals surface area (Å²) in [6.07, 6.45) is 1.32. The van der Waals surface area contributed by atoms with Crippen LogP contribution in [0.25, 0.3) is 0 Å². The quantitative estimate of drug-likeness (QED) is 0.533. The Morgan fingerprint density at radius 2 is 2.33 bits per heavy atom. The Morgan fingerprint density at radius 1 is 1.44 bits per heavy atom. The molecule has 3 unspecified atom stereocenters. The molecule has 0 spiro atoms. The van der Waals surface area contributed by atoms with Crippen LogP contribution in [-0.2, 0) is 0 Å². The first kappa shape index (κ1) is 5.69. The molecule has 2 bridgehead atoms. The summed E-state index contributed by atoms with van der Waals surface area (Å²) in [6, 6.07) is 0. The average Bonchev–Trinajstić information content (AvgIpc) is 2.45. The Balaban J connectivity index is 2.01. The summed E-state index contributed by atoms with van der Waals surface area (Å²) in [5.41, 5.74) is 0. The maximum Gasteiger partial charge on any atom is 0.0474 e. The van der Waals surface area contributed by atoms with Crippen molar-refractivity contribution in [3.63, 3.8) is 0 Å². The van der Waals surface area contributed by atoms with Crippen LogP contribution in [0.4, 0.5) is 0 Å². The fraction of sp³-hybridized carbons (Fsp3) is 1.00. The van der Waals surface area contributed by atoms with Crippen molar-refractivity contribution in [1.82, 2.24) is 4.90 Å². The van der Waals surface area contributed by atoms with Crippen molar-refractivity contribution in [3.8, 4) is 0 Å². The third-order valence-corrected chi connectivity index (χ3v) is 2.70. The van der Waals surface area contributed by atoms with Gasteiger partial charge in [-0.2, -0.15) is 0 Å². The van der Waals surface area contributed by atoms with E-state index in [4.69, 9.17) is 5.11 Å². The standard InChI is InChI=1S/C7H13NO/c9-5-7-4-8-2-1-6(7)3-8/h6-7,9H,1-5H2. The number of piperidine rings is 1.